The first-order valence-corrected chi connectivity index (χ1v) is 12.7. The highest BCUT2D eigenvalue weighted by Gasteiger charge is 2.28. The Morgan fingerprint density at radius 1 is 0.969 bits per heavy atom. The highest BCUT2D eigenvalue weighted by atomic mass is 32.2. The van der Waals surface area contributed by atoms with Gasteiger partial charge in [-0.05, 0) is 17.9 Å². The molecule has 0 aliphatic carbocycles. The summed E-state index contributed by atoms with van der Waals surface area (Å²) in [4.78, 5) is 50.7. The largest absolute Gasteiger partial charge is 0.357 e. The lowest BCUT2D eigenvalue weighted by atomic mass is 10.1. The number of carbonyl (C=O) groups excluding carboxylic acids is 4. The normalized spacial score (nSPS) is 11.8. The molecule has 3 amide bonds. The van der Waals surface area contributed by atoms with Gasteiger partial charge in [0.1, 0.15) is 6.04 Å². The predicted octanol–water partition coefficient (Wildman–Crippen LogP) is 3.33. The van der Waals surface area contributed by atoms with Gasteiger partial charge in [-0.25, -0.2) is 4.79 Å². The molecule has 32 heavy (non-hydrogen) atoms. The summed E-state index contributed by atoms with van der Waals surface area (Å²) >= 11 is 2.28. The third-order valence-electron chi connectivity index (χ3n) is 4.75. The molecule has 1 aromatic rings. The van der Waals surface area contributed by atoms with Crippen LogP contribution in [0, 0.1) is 5.92 Å². The Morgan fingerprint density at radius 2 is 1.53 bits per heavy atom. The Labute approximate surface area is 199 Å². The summed E-state index contributed by atoms with van der Waals surface area (Å²) in [6, 6.07) is 8.07. The van der Waals surface area contributed by atoms with E-state index in [1.165, 1.54) is 13.8 Å². The highest BCUT2D eigenvalue weighted by Crippen LogP contribution is 2.18. The maximum absolute atomic E-state index is 13.4. The molecule has 2 N–H and O–H groups in total. The lowest BCUT2D eigenvalue weighted by Crippen LogP contribution is -2.55. The Hall–Kier alpha value is -2.00. The summed E-state index contributed by atoms with van der Waals surface area (Å²) in [6.45, 7) is 7.58. The van der Waals surface area contributed by atoms with Crippen LogP contribution < -0.4 is 10.6 Å². The van der Waals surface area contributed by atoms with Crippen LogP contribution in [0.3, 0.4) is 0 Å². The SMILES string of the molecule is CNC(=O)C(Cc1ccccc1)NC(=O)N(CCC(C)C)C(CSC(C)=O)CSC(C)=O. The van der Waals surface area contributed by atoms with Crippen LogP contribution in [0.1, 0.15) is 39.7 Å². The summed E-state index contributed by atoms with van der Waals surface area (Å²) in [6.07, 6.45) is 1.13. The minimum absolute atomic E-state index is 0.0423. The quantitative estimate of drug-likeness (QED) is 0.475. The fraction of sp³-hybridized carbons (Fsp3) is 0.565. The van der Waals surface area contributed by atoms with E-state index >= 15 is 0 Å². The van der Waals surface area contributed by atoms with Crippen molar-refractivity contribution in [3.63, 3.8) is 0 Å². The van der Waals surface area contributed by atoms with Crippen LogP contribution in [0.2, 0.25) is 0 Å². The van der Waals surface area contributed by atoms with Gasteiger partial charge in [-0.2, -0.15) is 0 Å². The van der Waals surface area contributed by atoms with Crippen LogP contribution in [0.4, 0.5) is 4.79 Å². The topological polar surface area (TPSA) is 95.6 Å². The molecular formula is C23H35N3O4S2. The number of thioether (sulfide) groups is 2. The van der Waals surface area contributed by atoms with E-state index in [0.717, 1.165) is 35.5 Å². The molecule has 0 aromatic heterocycles. The van der Waals surface area contributed by atoms with Crippen molar-refractivity contribution < 1.29 is 19.2 Å². The molecule has 1 rings (SSSR count). The Kier molecular flexibility index (Phi) is 13.1. The molecule has 0 saturated carbocycles. The molecule has 7 nitrogen and oxygen atoms in total. The molecule has 1 atom stereocenters. The molecule has 0 spiro atoms. The van der Waals surface area contributed by atoms with E-state index in [2.05, 4.69) is 24.5 Å². The lowest BCUT2D eigenvalue weighted by molar-refractivity contribution is -0.122. The second kappa shape index (κ2) is 14.9. The van der Waals surface area contributed by atoms with Crippen LogP contribution in [0.5, 0.6) is 0 Å². The van der Waals surface area contributed by atoms with Gasteiger partial charge in [-0.15, -0.1) is 0 Å². The van der Waals surface area contributed by atoms with Crippen LogP contribution in [0.15, 0.2) is 30.3 Å². The molecule has 0 saturated heterocycles. The minimum atomic E-state index is -0.738. The number of rotatable bonds is 12. The monoisotopic (exact) mass is 481 g/mol. The van der Waals surface area contributed by atoms with E-state index < -0.39 is 6.04 Å². The van der Waals surface area contributed by atoms with Gasteiger partial charge in [0.2, 0.25) is 5.91 Å². The molecule has 0 radical (unpaired) electrons. The van der Waals surface area contributed by atoms with Crippen molar-refractivity contribution in [2.45, 2.75) is 52.6 Å². The number of hydrogen-bond donors (Lipinski definition) is 2. The summed E-state index contributed by atoms with van der Waals surface area (Å²) < 4.78 is 0. The van der Waals surface area contributed by atoms with Crippen molar-refractivity contribution in [2.75, 3.05) is 25.1 Å². The van der Waals surface area contributed by atoms with Gasteiger partial charge in [0.05, 0.1) is 6.04 Å². The zero-order valence-corrected chi connectivity index (χ0v) is 21.2. The number of hydrogen-bond acceptors (Lipinski definition) is 6. The van der Waals surface area contributed by atoms with Crippen molar-refractivity contribution in [2.24, 2.45) is 5.92 Å². The second-order valence-electron chi connectivity index (χ2n) is 7.94. The molecule has 9 heteroatoms. The van der Waals surface area contributed by atoms with Crippen LogP contribution in [0.25, 0.3) is 0 Å². The van der Waals surface area contributed by atoms with Gasteiger partial charge in [-0.3, -0.25) is 14.4 Å². The third kappa shape index (κ3) is 11.0. The summed E-state index contributed by atoms with van der Waals surface area (Å²) in [5.74, 6) is 0.874. The van der Waals surface area contributed by atoms with Crippen molar-refractivity contribution in [3.05, 3.63) is 35.9 Å². The van der Waals surface area contributed by atoms with E-state index in [-0.39, 0.29) is 28.2 Å². The molecule has 1 aromatic carbocycles. The van der Waals surface area contributed by atoms with E-state index in [1.54, 1.807) is 11.9 Å². The van der Waals surface area contributed by atoms with Crippen molar-refractivity contribution in [3.8, 4) is 0 Å². The number of carbonyl (C=O) groups is 4. The Morgan fingerprint density at radius 3 is 2.00 bits per heavy atom. The van der Waals surface area contributed by atoms with Gasteiger partial charge < -0.3 is 15.5 Å². The van der Waals surface area contributed by atoms with E-state index in [1.807, 2.05) is 30.3 Å². The smallest absolute Gasteiger partial charge is 0.318 e. The fourth-order valence-corrected chi connectivity index (χ4v) is 4.57. The maximum Gasteiger partial charge on any atom is 0.318 e. The van der Waals surface area contributed by atoms with Crippen molar-refractivity contribution in [1.29, 1.82) is 0 Å². The lowest BCUT2D eigenvalue weighted by Gasteiger charge is -2.33. The second-order valence-corrected chi connectivity index (χ2v) is 10.3. The zero-order chi connectivity index (χ0) is 24.1. The van der Waals surface area contributed by atoms with Crippen LogP contribution in [-0.4, -0.2) is 64.3 Å². The van der Waals surface area contributed by atoms with E-state index in [0.29, 0.717) is 30.4 Å². The summed E-state index contributed by atoms with van der Waals surface area (Å²) in [5.41, 5.74) is 0.936. The standard InChI is InChI=1S/C23H35N3O4S2/c1-16(2)11-12-26(20(14-31-17(3)27)15-32-18(4)28)23(30)25-21(22(29)24-5)13-19-9-7-6-8-10-19/h6-10,16,20-21H,11-15H2,1-5H3,(H,24,29)(H,25,30). The third-order valence-corrected chi connectivity index (χ3v) is 6.67. The molecular weight excluding hydrogens is 446 g/mol. The number of nitrogens with one attached hydrogen (secondary N) is 2. The number of urea groups is 1. The van der Waals surface area contributed by atoms with Gasteiger partial charge >= 0.3 is 6.03 Å². The van der Waals surface area contributed by atoms with Gasteiger partial charge in [-0.1, -0.05) is 67.7 Å². The number of nitrogens with zero attached hydrogens (tertiary/aromatic N) is 1. The van der Waals surface area contributed by atoms with E-state index in [9.17, 15) is 19.2 Å². The fourth-order valence-electron chi connectivity index (χ4n) is 2.97. The van der Waals surface area contributed by atoms with Gasteiger partial charge in [0.25, 0.3) is 0 Å². The first-order chi connectivity index (χ1) is 15.1. The number of amides is 3. The Bertz CT molecular complexity index is 741. The van der Waals surface area contributed by atoms with Crippen molar-refractivity contribution in [1.82, 2.24) is 15.5 Å². The zero-order valence-electron chi connectivity index (χ0n) is 19.6. The average Bonchev–Trinajstić information content (AvgIpc) is 2.74. The summed E-state index contributed by atoms with van der Waals surface area (Å²) in [7, 11) is 1.54. The minimum Gasteiger partial charge on any atom is -0.357 e. The summed E-state index contributed by atoms with van der Waals surface area (Å²) in [5, 5.41) is 5.42. The van der Waals surface area contributed by atoms with Crippen LogP contribution in [-0.2, 0) is 20.8 Å². The van der Waals surface area contributed by atoms with Gasteiger partial charge in [0.15, 0.2) is 10.2 Å². The van der Waals surface area contributed by atoms with Crippen molar-refractivity contribution >= 4 is 45.7 Å². The first kappa shape index (κ1) is 28.0. The first-order valence-electron chi connectivity index (χ1n) is 10.7. The molecule has 178 valence electrons. The van der Waals surface area contributed by atoms with Gasteiger partial charge in [0, 0.05) is 45.4 Å². The molecule has 0 fully saturated rings. The molecule has 1 unspecified atom stereocenters. The number of benzene rings is 1. The average molecular weight is 482 g/mol. The predicted molar refractivity (Wildman–Crippen MR) is 133 cm³/mol. The molecule has 0 bridgehead atoms. The Balaban J connectivity index is 3.08. The molecule has 0 aliphatic rings. The van der Waals surface area contributed by atoms with Crippen LogP contribution >= 0.6 is 23.5 Å². The molecule has 0 heterocycles. The maximum atomic E-state index is 13.4. The molecule has 0 aliphatic heterocycles. The van der Waals surface area contributed by atoms with E-state index in [4.69, 9.17) is 0 Å². The highest BCUT2D eigenvalue weighted by molar-refractivity contribution is 8.14. The number of likely N-dealkylation sites (N-methyl/N-ethyl adjacent to an activating group) is 1.